The van der Waals surface area contributed by atoms with Gasteiger partial charge in [-0.25, -0.2) is 15.0 Å². The molecule has 0 unspecified atom stereocenters. The third kappa shape index (κ3) is 10.4. The summed E-state index contributed by atoms with van der Waals surface area (Å²) >= 11 is 0. The fraction of sp³-hybridized carbons (Fsp3) is 0.125. The highest BCUT2D eigenvalue weighted by atomic mass is 16.6. The van der Waals surface area contributed by atoms with Crippen LogP contribution < -0.4 is 27.0 Å². The molecule has 15 heteroatoms. The summed E-state index contributed by atoms with van der Waals surface area (Å²) in [5.74, 6) is 1.83. The number of hydrogen-bond donors (Lipinski definition) is 5. The Balaban J connectivity index is 0.000000238. The number of nitro groups is 2. The maximum Gasteiger partial charge on any atom is 0.311 e. The van der Waals surface area contributed by atoms with Gasteiger partial charge in [0.05, 0.1) is 15.4 Å². The molecule has 0 aliphatic heterocycles. The Morgan fingerprint density at radius 3 is 1.68 bits per heavy atom. The van der Waals surface area contributed by atoms with Gasteiger partial charge in [-0.2, -0.15) is 5.26 Å². The first kappa shape index (κ1) is 33.1. The Morgan fingerprint density at radius 2 is 1.17 bits per heavy atom. The number of aromatic nitrogens is 3. The first-order chi connectivity index (χ1) is 22.8. The third-order valence-corrected chi connectivity index (χ3v) is 6.40. The molecule has 0 aliphatic carbocycles. The molecular formula is C32H31N11O4. The Labute approximate surface area is 269 Å². The van der Waals surface area contributed by atoms with E-state index in [0.717, 1.165) is 11.1 Å². The van der Waals surface area contributed by atoms with Crippen molar-refractivity contribution in [2.24, 2.45) is 0 Å². The Kier molecular flexibility index (Phi) is 11.9. The van der Waals surface area contributed by atoms with E-state index in [4.69, 9.17) is 11.0 Å². The van der Waals surface area contributed by atoms with E-state index >= 15 is 0 Å². The highest BCUT2D eigenvalue weighted by molar-refractivity contribution is 5.61. The molecule has 5 aromatic rings. The molecule has 0 amide bonds. The Morgan fingerprint density at radius 1 is 0.660 bits per heavy atom. The summed E-state index contributed by atoms with van der Waals surface area (Å²) < 4.78 is 0. The van der Waals surface area contributed by atoms with Gasteiger partial charge in [-0.15, -0.1) is 0 Å². The van der Waals surface area contributed by atoms with E-state index in [-0.39, 0.29) is 28.8 Å². The van der Waals surface area contributed by atoms with Gasteiger partial charge in [-0.1, -0.05) is 60.7 Å². The summed E-state index contributed by atoms with van der Waals surface area (Å²) in [6.45, 7) is 1.98. The number of nitriles is 1. The molecule has 0 atom stereocenters. The van der Waals surface area contributed by atoms with E-state index in [1.807, 2.05) is 66.7 Å². The Bertz CT molecular complexity index is 1820. The number of anilines is 5. The zero-order valence-electron chi connectivity index (χ0n) is 25.0. The van der Waals surface area contributed by atoms with Gasteiger partial charge in [-0.05, 0) is 35.4 Å². The van der Waals surface area contributed by atoms with Crippen molar-refractivity contribution in [2.75, 3.05) is 40.1 Å². The van der Waals surface area contributed by atoms with Crippen LogP contribution in [0.3, 0.4) is 0 Å². The molecule has 5 rings (SSSR count). The van der Waals surface area contributed by atoms with Crippen LogP contribution in [-0.2, 0) is 13.1 Å². The predicted molar refractivity (Wildman–Crippen MR) is 180 cm³/mol. The lowest BCUT2D eigenvalue weighted by Gasteiger charge is -2.11. The van der Waals surface area contributed by atoms with Gasteiger partial charge < -0.3 is 27.0 Å². The summed E-state index contributed by atoms with van der Waals surface area (Å²) in [7, 11) is 0. The van der Waals surface area contributed by atoms with Gasteiger partial charge in [0.15, 0.2) is 0 Å². The van der Waals surface area contributed by atoms with Crippen molar-refractivity contribution in [1.82, 2.24) is 15.0 Å². The van der Waals surface area contributed by atoms with Crippen molar-refractivity contribution < 1.29 is 9.85 Å². The zero-order chi connectivity index (χ0) is 33.4. The smallest absolute Gasteiger partial charge is 0.311 e. The van der Waals surface area contributed by atoms with E-state index in [2.05, 4.69) is 36.2 Å². The van der Waals surface area contributed by atoms with Crippen molar-refractivity contribution >= 4 is 40.5 Å². The van der Waals surface area contributed by atoms with Gasteiger partial charge in [0.1, 0.15) is 23.5 Å². The second-order valence-electron chi connectivity index (χ2n) is 9.76. The minimum absolute atomic E-state index is 0.0774. The number of nitrogens with one attached hydrogen (secondary N) is 4. The first-order valence-corrected chi connectivity index (χ1v) is 14.3. The first-order valence-electron chi connectivity index (χ1n) is 14.3. The lowest BCUT2D eigenvalue weighted by molar-refractivity contribution is -0.384. The van der Waals surface area contributed by atoms with Crippen molar-refractivity contribution in [3.8, 4) is 6.07 Å². The van der Waals surface area contributed by atoms with Gasteiger partial charge in [-0.3, -0.25) is 20.2 Å². The number of hydrogen-bond acceptors (Lipinski definition) is 13. The monoisotopic (exact) mass is 633 g/mol. The predicted octanol–water partition coefficient (Wildman–Crippen LogP) is 5.58. The standard InChI is InChI=1S/C20H19N7O2.C12H12N4O2/c21-12-16-6-8-18(24-14-16)22-10-11-23-19-9-7-17(27(28)29)20(26-19)25-13-15-4-2-1-3-5-15;13-11-7-6-10(16(17)18)12(15-11)14-8-9-4-2-1-3-5-9/h1-9,14H,10-11,13H2,(H,22,24)(H2,23,25,26);1-7H,8H2,(H3,13,14,15). The van der Waals surface area contributed by atoms with Gasteiger partial charge in [0.2, 0.25) is 11.6 Å². The largest absolute Gasteiger partial charge is 0.384 e. The van der Waals surface area contributed by atoms with E-state index in [1.165, 1.54) is 24.4 Å². The molecule has 0 bridgehead atoms. The quantitative estimate of drug-likeness (QED) is 0.0607. The molecule has 3 heterocycles. The summed E-state index contributed by atoms with van der Waals surface area (Å²) in [6.07, 6.45) is 1.50. The molecule has 0 saturated carbocycles. The average Bonchev–Trinajstić information content (AvgIpc) is 3.09. The molecular weight excluding hydrogens is 602 g/mol. The molecule has 0 spiro atoms. The minimum Gasteiger partial charge on any atom is -0.384 e. The number of pyridine rings is 3. The number of rotatable bonds is 13. The molecule has 238 valence electrons. The highest BCUT2D eigenvalue weighted by Crippen LogP contribution is 2.25. The van der Waals surface area contributed by atoms with Crippen LogP contribution >= 0.6 is 0 Å². The van der Waals surface area contributed by atoms with Gasteiger partial charge in [0, 0.05) is 44.5 Å². The molecule has 0 radical (unpaired) electrons. The summed E-state index contributed by atoms with van der Waals surface area (Å²) in [6, 6.07) is 30.3. The van der Waals surface area contributed by atoms with Crippen LogP contribution in [0.1, 0.15) is 16.7 Å². The fourth-order valence-electron chi connectivity index (χ4n) is 4.08. The molecule has 3 aromatic heterocycles. The second kappa shape index (κ2) is 16.9. The SMILES string of the molecule is N#Cc1ccc(NCCNc2ccc([N+](=O)[O-])c(NCc3ccccc3)n2)nc1.Nc1ccc([N+](=O)[O-])c(NCc2ccccc2)n1. The van der Waals surface area contributed by atoms with Crippen LogP contribution in [0.5, 0.6) is 0 Å². The highest BCUT2D eigenvalue weighted by Gasteiger charge is 2.16. The lowest BCUT2D eigenvalue weighted by Crippen LogP contribution is -2.15. The van der Waals surface area contributed by atoms with Crippen LogP contribution in [0.25, 0.3) is 0 Å². The molecule has 2 aromatic carbocycles. The normalized spacial score (nSPS) is 10.0. The van der Waals surface area contributed by atoms with Crippen LogP contribution in [-0.4, -0.2) is 37.9 Å². The van der Waals surface area contributed by atoms with Gasteiger partial charge >= 0.3 is 11.4 Å². The summed E-state index contributed by atoms with van der Waals surface area (Å²) in [5, 5.41) is 43.1. The molecule has 15 nitrogen and oxygen atoms in total. The van der Waals surface area contributed by atoms with Crippen molar-refractivity contribution in [3.05, 3.63) is 140 Å². The van der Waals surface area contributed by atoms with Crippen molar-refractivity contribution in [2.45, 2.75) is 13.1 Å². The summed E-state index contributed by atoms with van der Waals surface area (Å²) in [4.78, 5) is 33.6. The lowest BCUT2D eigenvalue weighted by atomic mass is 10.2. The van der Waals surface area contributed by atoms with Gasteiger partial charge in [0.25, 0.3) is 0 Å². The number of nitrogens with zero attached hydrogens (tertiary/aromatic N) is 6. The van der Waals surface area contributed by atoms with Crippen LogP contribution in [0.2, 0.25) is 0 Å². The Hall–Kier alpha value is -6.82. The third-order valence-electron chi connectivity index (χ3n) is 6.40. The van der Waals surface area contributed by atoms with Crippen LogP contribution in [0.15, 0.2) is 103 Å². The number of nitrogens with two attached hydrogens (primary N) is 1. The number of benzene rings is 2. The molecule has 0 aliphatic rings. The van der Waals surface area contributed by atoms with Crippen LogP contribution in [0.4, 0.5) is 40.5 Å². The van der Waals surface area contributed by atoms with Crippen molar-refractivity contribution in [1.29, 1.82) is 5.26 Å². The number of nitrogen functional groups attached to an aromatic ring is 1. The van der Waals surface area contributed by atoms with E-state index in [0.29, 0.717) is 43.4 Å². The fourth-order valence-corrected chi connectivity index (χ4v) is 4.08. The van der Waals surface area contributed by atoms with Crippen LogP contribution in [0, 0.1) is 31.6 Å². The average molecular weight is 634 g/mol. The molecule has 47 heavy (non-hydrogen) atoms. The molecule has 6 N–H and O–H groups in total. The maximum absolute atomic E-state index is 11.3. The van der Waals surface area contributed by atoms with Crippen molar-refractivity contribution in [3.63, 3.8) is 0 Å². The minimum atomic E-state index is -0.486. The zero-order valence-corrected chi connectivity index (χ0v) is 25.0. The summed E-state index contributed by atoms with van der Waals surface area (Å²) in [5.41, 5.74) is 7.87. The molecule has 0 fully saturated rings. The van der Waals surface area contributed by atoms with E-state index < -0.39 is 9.85 Å². The second-order valence-corrected chi connectivity index (χ2v) is 9.76. The molecule has 0 saturated heterocycles. The maximum atomic E-state index is 11.3. The van der Waals surface area contributed by atoms with E-state index in [1.54, 1.807) is 18.2 Å². The van der Waals surface area contributed by atoms with E-state index in [9.17, 15) is 20.2 Å². The topological polar surface area (TPSA) is 223 Å².